The van der Waals surface area contributed by atoms with Gasteiger partial charge in [-0.15, -0.1) is 22.8 Å². The van der Waals surface area contributed by atoms with Crippen molar-refractivity contribution in [2.45, 2.75) is 37.8 Å². The van der Waals surface area contributed by atoms with E-state index in [2.05, 4.69) is 34.8 Å². The maximum absolute atomic E-state index is 10.6. The van der Waals surface area contributed by atoms with E-state index >= 15 is 0 Å². The number of anilines is 1. The van der Waals surface area contributed by atoms with Gasteiger partial charge in [-0.1, -0.05) is 13.8 Å². The van der Waals surface area contributed by atoms with Gasteiger partial charge in [-0.2, -0.15) is 0 Å². The van der Waals surface area contributed by atoms with Crippen LogP contribution < -0.4 is 9.64 Å². The minimum Gasteiger partial charge on any atom is -0.508 e. The molecule has 0 bridgehead atoms. The highest BCUT2D eigenvalue weighted by molar-refractivity contribution is 7.80. The van der Waals surface area contributed by atoms with Crippen LogP contribution in [0.1, 0.15) is 38.2 Å². The van der Waals surface area contributed by atoms with Crippen molar-refractivity contribution >= 4 is 18.3 Å². The first-order valence-electron chi connectivity index (χ1n) is 10.4. The Morgan fingerprint density at radius 2 is 1.90 bits per heavy atom. The zero-order valence-corrected chi connectivity index (χ0v) is 19.1. The molecule has 0 atom stereocenters. The molecule has 0 saturated heterocycles. The summed E-state index contributed by atoms with van der Waals surface area (Å²) in [4.78, 5) is 2.21. The quantitative estimate of drug-likeness (QED) is 0.465. The van der Waals surface area contributed by atoms with E-state index in [1.807, 2.05) is 32.0 Å². The molecule has 164 valence electrons. The number of nitrogens with zero attached hydrogens (tertiary/aromatic N) is 4. The summed E-state index contributed by atoms with van der Waals surface area (Å²) in [5.74, 6) is 2.04. The van der Waals surface area contributed by atoms with Gasteiger partial charge in [0.2, 0.25) is 0 Å². The molecule has 0 amide bonds. The molecular weight excluding hydrogens is 412 g/mol. The summed E-state index contributed by atoms with van der Waals surface area (Å²) >= 11 is 4.52. The summed E-state index contributed by atoms with van der Waals surface area (Å²) in [5, 5.41) is 29.6. The number of phenols is 2. The number of aromatic nitrogens is 3. The van der Waals surface area contributed by atoms with Crippen molar-refractivity contribution in [1.82, 2.24) is 14.8 Å². The molecule has 3 aromatic rings. The van der Waals surface area contributed by atoms with Gasteiger partial charge in [-0.25, -0.2) is 0 Å². The van der Waals surface area contributed by atoms with E-state index in [9.17, 15) is 10.2 Å². The van der Waals surface area contributed by atoms with Crippen molar-refractivity contribution < 1.29 is 14.9 Å². The number of rotatable bonds is 7. The van der Waals surface area contributed by atoms with Crippen LogP contribution in [0.2, 0.25) is 0 Å². The normalized spacial score (nSPS) is 13.6. The molecule has 1 aliphatic carbocycles. The minimum atomic E-state index is -0.0662. The van der Waals surface area contributed by atoms with Crippen LogP contribution in [-0.4, -0.2) is 45.7 Å². The molecule has 1 saturated carbocycles. The van der Waals surface area contributed by atoms with Gasteiger partial charge in [0, 0.05) is 19.7 Å². The Kier molecular flexibility index (Phi) is 5.75. The number of thiol groups is 1. The lowest BCUT2D eigenvalue weighted by Crippen LogP contribution is -2.20. The number of benzene rings is 2. The van der Waals surface area contributed by atoms with Gasteiger partial charge in [0.1, 0.15) is 17.2 Å². The lowest BCUT2D eigenvalue weighted by molar-refractivity contribution is 0.414. The summed E-state index contributed by atoms with van der Waals surface area (Å²) in [7, 11) is 3.73. The Hall–Kier alpha value is -2.87. The van der Waals surface area contributed by atoms with Crippen molar-refractivity contribution in [3.8, 4) is 34.3 Å². The molecule has 1 fully saturated rings. The van der Waals surface area contributed by atoms with Crippen LogP contribution in [0, 0.1) is 5.92 Å². The van der Waals surface area contributed by atoms with Crippen molar-refractivity contribution in [3.63, 3.8) is 0 Å². The summed E-state index contributed by atoms with van der Waals surface area (Å²) in [6.07, 6.45) is 2.53. The van der Waals surface area contributed by atoms with Crippen molar-refractivity contribution in [2.75, 3.05) is 25.6 Å². The Morgan fingerprint density at radius 1 is 1.16 bits per heavy atom. The van der Waals surface area contributed by atoms with Gasteiger partial charge in [0.05, 0.1) is 24.0 Å². The molecule has 4 rings (SSSR count). The average molecular weight is 441 g/mol. The second kappa shape index (κ2) is 8.34. The summed E-state index contributed by atoms with van der Waals surface area (Å²) in [5.41, 5.74) is 2.99. The van der Waals surface area contributed by atoms with E-state index in [-0.39, 0.29) is 17.4 Å². The lowest BCUT2D eigenvalue weighted by Gasteiger charge is -2.23. The van der Waals surface area contributed by atoms with E-state index in [0.29, 0.717) is 16.5 Å². The molecule has 1 aromatic heterocycles. The number of aromatic hydroxyl groups is 2. The van der Waals surface area contributed by atoms with Crippen LogP contribution in [0.5, 0.6) is 17.2 Å². The first-order chi connectivity index (χ1) is 14.8. The SMILES string of the molecule is COc1ccc(-n2c(S)nnc2-c2cc(C(C)C)c(O)cc2O)cc1N(C)CC1CC1. The molecule has 1 heterocycles. The molecule has 2 N–H and O–H groups in total. The second-order valence-electron chi connectivity index (χ2n) is 8.42. The monoisotopic (exact) mass is 440 g/mol. The zero-order valence-electron chi connectivity index (χ0n) is 18.2. The Balaban J connectivity index is 1.83. The summed E-state index contributed by atoms with van der Waals surface area (Å²) in [6, 6.07) is 8.97. The largest absolute Gasteiger partial charge is 0.508 e. The number of ether oxygens (including phenoxy) is 1. The van der Waals surface area contributed by atoms with E-state index in [4.69, 9.17) is 4.74 Å². The fourth-order valence-electron chi connectivity index (χ4n) is 3.83. The molecular formula is C23H28N4O3S. The fourth-order valence-corrected chi connectivity index (χ4v) is 4.08. The number of hydrogen-bond acceptors (Lipinski definition) is 7. The molecule has 31 heavy (non-hydrogen) atoms. The van der Waals surface area contributed by atoms with Crippen molar-refractivity contribution in [3.05, 3.63) is 35.9 Å². The molecule has 1 aliphatic rings. The van der Waals surface area contributed by atoms with Gasteiger partial charge in [0.25, 0.3) is 0 Å². The molecule has 0 aliphatic heterocycles. The van der Waals surface area contributed by atoms with Gasteiger partial charge in [-0.05, 0) is 54.5 Å². The first kappa shape index (κ1) is 21.4. The van der Waals surface area contributed by atoms with E-state index < -0.39 is 0 Å². The van der Waals surface area contributed by atoms with Gasteiger partial charge in [0.15, 0.2) is 11.0 Å². The minimum absolute atomic E-state index is 0.0573. The topological polar surface area (TPSA) is 83.6 Å². The molecule has 8 heteroatoms. The van der Waals surface area contributed by atoms with E-state index in [1.54, 1.807) is 17.7 Å². The Morgan fingerprint density at radius 3 is 2.55 bits per heavy atom. The van der Waals surface area contributed by atoms with Crippen molar-refractivity contribution in [2.24, 2.45) is 5.92 Å². The van der Waals surface area contributed by atoms with Crippen LogP contribution in [0.4, 0.5) is 5.69 Å². The predicted molar refractivity (Wildman–Crippen MR) is 124 cm³/mol. The maximum atomic E-state index is 10.6. The molecule has 2 aromatic carbocycles. The lowest BCUT2D eigenvalue weighted by atomic mass is 9.98. The highest BCUT2D eigenvalue weighted by Gasteiger charge is 2.25. The zero-order chi connectivity index (χ0) is 22.3. The third-order valence-electron chi connectivity index (χ3n) is 5.71. The van der Waals surface area contributed by atoms with Crippen LogP contribution >= 0.6 is 12.6 Å². The van der Waals surface area contributed by atoms with Gasteiger partial charge < -0.3 is 19.8 Å². The molecule has 7 nitrogen and oxygen atoms in total. The number of phenolic OH excluding ortho intramolecular Hbond substituents is 2. The molecule has 0 spiro atoms. The molecule has 0 unspecified atom stereocenters. The Labute approximate surface area is 187 Å². The second-order valence-corrected chi connectivity index (χ2v) is 8.82. The molecule has 0 radical (unpaired) electrons. The van der Waals surface area contributed by atoms with E-state index in [0.717, 1.165) is 35.2 Å². The maximum Gasteiger partial charge on any atom is 0.193 e. The van der Waals surface area contributed by atoms with Gasteiger partial charge >= 0.3 is 0 Å². The predicted octanol–water partition coefficient (Wildman–Crippen LogP) is 4.61. The third kappa shape index (κ3) is 4.17. The highest BCUT2D eigenvalue weighted by Crippen LogP contribution is 2.40. The third-order valence-corrected chi connectivity index (χ3v) is 6.00. The smallest absolute Gasteiger partial charge is 0.193 e. The highest BCUT2D eigenvalue weighted by atomic mass is 32.1. The van der Waals surface area contributed by atoms with Crippen LogP contribution in [0.25, 0.3) is 17.1 Å². The van der Waals surface area contributed by atoms with Crippen LogP contribution in [0.3, 0.4) is 0 Å². The first-order valence-corrected chi connectivity index (χ1v) is 10.8. The van der Waals surface area contributed by atoms with E-state index in [1.165, 1.54) is 18.9 Å². The van der Waals surface area contributed by atoms with Crippen LogP contribution in [0.15, 0.2) is 35.5 Å². The van der Waals surface area contributed by atoms with Crippen molar-refractivity contribution in [1.29, 1.82) is 0 Å². The summed E-state index contributed by atoms with van der Waals surface area (Å²) < 4.78 is 7.38. The fraction of sp³-hybridized carbons (Fsp3) is 0.391. The number of hydrogen-bond donors (Lipinski definition) is 3. The Bertz CT molecular complexity index is 1110. The average Bonchev–Trinajstić information content (AvgIpc) is 3.46. The number of methoxy groups -OCH3 is 1. The standard InChI is InChI=1S/C23H28N4O3S/c1-13(2)16-10-17(20(29)11-19(16)28)22-24-25-23(31)27(22)15-7-8-21(30-4)18(9-15)26(3)12-14-5-6-14/h7-11,13-14,28-29H,5-6,12H2,1-4H3,(H,25,31). The summed E-state index contributed by atoms with van der Waals surface area (Å²) in [6.45, 7) is 4.94. The van der Waals surface area contributed by atoms with Crippen LogP contribution in [-0.2, 0) is 0 Å². The van der Waals surface area contributed by atoms with Gasteiger partial charge in [-0.3, -0.25) is 4.57 Å².